The standard InChI is InChI=1S/C28H34O14/c29-12-20-23(41-21(34)8-4-16-3-7-18(32)19(33)11-16)22(35)24(42-27-25(36)28(37,13-30)14-39-27)26(40-20)38-10-9-15-1-5-17(31)6-2-15/h1-8,11,20,22-27,29-33,35-37H,9-10,12-14H2/b8-4+/t20-,22+,23-,24-,25-,26-,27-,28+/m0/s1. The smallest absolute Gasteiger partial charge is 0.331 e. The summed E-state index contributed by atoms with van der Waals surface area (Å²) >= 11 is 0. The molecule has 0 radical (unpaired) electrons. The molecule has 2 aromatic rings. The molecule has 14 nitrogen and oxygen atoms in total. The zero-order valence-corrected chi connectivity index (χ0v) is 22.3. The van der Waals surface area contributed by atoms with Gasteiger partial charge in [-0.25, -0.2) is 4.79 Å². The Morgan fingerprint density at radius 2 is 1.74 bits per heavy atom. The highest BCUT2D eigenvalue weighted by molar-refractivity contribution is 5.87. The fourth-order valence-electron chi connectivity index (χ4n) is 4.47. The molecule has 230 valence electrons. The number of hydrogen-bond acceptors (Lipinski definition) is 14. The molecule has 2 fully saturated rings. The van der Waals surface area contributed by atoms with Crippen molar-refractivity contribution in [3.8, 4) is 17.2 Å². The van der Waals surface area contributed by atoms with Gasteiger partial charge in [-0.05, 0) is 47.9 Å². The summed E-state index contributed by atoms with van der Waals surface area (Å²) in [6, 6.07) is 10.2. The Bertz CT molecular complexity index is 1220. The Kier molecular flexibility index (Phi) is 10.4. The lowest BCUT2D eigenvalue weighted by molar-refractivity contribution is -0.336. The Balaban J connectivity index is 1.49. The first-order valence-corrected chi connectivity index (χ1v) is 13.1. The van der Waals surface area contributed by atoms with Crippen LogP contribution in [0.3, 0.4) is 0 Å². The number of aromatic hydroxyl groups is 3. The van der Waals surface area contributed by atoms with Gasteiger partial charge in [-0.3, -0.25) is 0 Å². The average molecular weight is 595 g/mol. The van der Waals surface area contributed by atoms with Gasteiger partial charge < -0.3 is 64.5 Å². The van der Waals surface area contributed by atoms with Gasteiger partial charge >= 0.3 is 5.97 Å². The van der Waals surface area contributed by atoms with Crippen LogP contribution >= 0.6 is 0 Å². The molecule has 0 amide bonds. The first-order chi connectivity index (χ1) is 20.0. The third kappa shape index (κ3) is 7.36. The molecule has 2 saturated heterocycles. The third-order valence-electron chi connectivity index (χ3n) is 6.94. The molecule has 2 aromatic carbocycles. The van der Waals surface area contributed by atoms with Crippen LogP contribution in [0.1, 0.15) is 11.1 Å². The van der Waals surface area contributed by atoms with E-state index in [1.54, 1.807) is 12.1 Å². The molecule has 2 heterocycles. The predicted octanol–water partition coefficient (Wildman–Crippen LogP) is -1.11. The van der Waals surface area contributed by atoms with E-state index >= 15 is 0 Å². The molecule has 14 heteroatoms. The normalized spacial score (nSPS) is 31.4. The van der Waals surface area contributed by atoms with Crippen LogP contribution < -0.4 is 0 Å². The third-order valence-corrected chi connectivity index (χ3v) is 6.94. The molecule has 2 aliphatic heterocycles. The van der Waals surface area contributed by atoms with Crippen molar-refractivity contribution >= 4 is 12.0 Å². The number of hydrogen-bond donors (Lipinski definition) is 8. The first kappa shape index (κ1) is 31.6. The van der Waals surface area contributed by atoms with Crippen LogP contribution in [-0.4, -0.2) is 122 Å². The monoisotopic (exact) mass is 594 g/mol. The molecule has 42 heavy (non-hydrogen) atoms. The van der Waals surface area contributed by atoms with Gasteiger partial charge in [-0.15, -0.1) is 0 Å². The topological polar surface area (TPSA) is 225 Å². The number of carbonyl (C=O) groups is 1. The molecule has 8 N–H and O–H groups in total. The van der Waals surface area contributed by atoms with Crippen LogP contribution in [0.25, 0.3) is 6.08 Å². The lowest BCUT2D eigenvalue weighted by Crippen LogP contribution is -2.62. The minimum Gasteiger partial charge on any atom is -0.508 e. The molecule has 0 saturated carbocycles. The molecule has 4 rings (SSSR count). The largest absolute Gasteiger partial charge is 0.508 e. The van der Waals surface area contributed by atoms with E-state index in [0.29, 0.717) is 12.0 Å². The van der Waals surface area contributed by atoms with Gasteiger partial charge in [0, 0.05) is 6.08 Å². The minimum atomic E-state index is -2.02. The molecule has 0 aromatic heterocycles. The number of ether oxygens (including phenoxy) is 5. The summed E-state index contributed by atoms with van der Waals surface area (Å²) in [6.45, 7) is -1.97. The Hall–Kier alpha value is -3.31. The number of esters is 1. The quantitative estimate of drug-likeness (QED) is 0.0878. The van der Waals surface area contributed by atoms with Gasteiger partial charge in [0.05, 0.1) is 26.4 Å². The van der Waals surface area contributed by atoms with E-state index in [4.69, 9.17) is 23.7 Å². The van der Waals surface area contributed by atoms with Gasteiger partial charge in [-0.2, -0.15) is 0 Å². The second kappa shape index (κ2) is 13.8. The zero-order chi connectivity index (χ0) is 30.4. The summed E-state index contributed by atoms with van der Waals surface area (Å²) in [6.07, 6.45) is -7.89. The summed E-state index contributed by atoms with van der Waals surface area (Å²) in [7, 11) is 0. The Morgan fingerprint density at radius 3 is 2.38 bits per heavy atom. The fourth-order valence-corrected chi connectivity index (χ4v) is 4.47. The SMILES string of the molecule is O=C(/C=C/c1ccc(O)c(O)c1)O[C@@H]1[C@@H](O)[C@H](O[C@@H]2OC[C@](O)(CO)[C@H]2O)[C@@H](OCCc2ccc(O)cc2)O[C@H]1CO. The van der Waals surface area contributed by atoms with Crippen molar-refractivity contribution in [2.45, 2.75) is 55.1 Å². The first-order valence-electron chi connectivity index (χ1n) is 13.1. The molecule has 0 bridgehead atoms. The van der Waals surface area contributed by atoms with Crippen LogP contribution in [0, 0.1) is 0 Å². The van der Waals surface area contributed by atoms with Crippen LogP contribution in [0.5, 0.6) is 17.2 Å². The maximum absolute atomic E-state index is 12.6. The summed E-state index contributed by atoms with van der Waals surface area (Å²) in [5.41, 5.74) is -0.857. The van der Waals surface area contributed by atoms with Crippen LogP contribution in [0.15, 0.2) is 48.5 Å². The number of carbonyl (C=O) groups excluding carboxylic acids is 1. The lowest BCUT2D eigenvalue weighted by Gasteiger charge is -2.43. The van der Waals surface area contributed by atoms with Gasteiger partial charge in [-0.1, -0.05) is 18.2 Å². The molecule has 0 spiro atoms. The van der Waals surface area contributed by atoms with E-state index in [-0.39, 0.29) is 18.1 Å². The molecule has 2 aliphatic rings. The second-order valence-electron chi connectivity index (χ2n) is 9.97. The van der Waals surface area contributed by atoms with E-state index < -0.39 is 80.2 Å². The molecule has 0 unspecified atom stereocenters. The van der Waals surface area contributed by atoms with E-state index in [1.807, 2.05) is 0 Å². The van der Waals surface area contributed by atoms with Crippen LogP contribution in [-0.2, 0) is 34.9 Å². The van der Waals surface area contributed by atoms with Crippen molar-refractivity contribution in [2.75, 3.05) is 26.4 Å². The Labute approximate surface area is 240 Å². The van der Waals surface area contributed by atoms with Crippen LogP contribution in [0.2, 0.25) is 0 Å². The molecule has 8 atom stereocenters. The number of aliphatic hydroxyl groups excluding tert-OH is 4. The van der Waals surface area contributed by atoms with Gasteiger partial charge in [0.2, 0.25) is 0 Å². The average Bonchev–Trinajstić information content (AvgIpc) is 3.26. The predicted molar refractivity (Wildman–Crippen MR) is 141 cm³/mol. The number of rotatable bonds is 11. The maximum Gasteiger partial charge on any atom is 0.331 e. The van der Waals surface area contributed by atoms with Gasteiger partial charge in [0.25, 0.3) is 0 Å². The second-order valence-corrected chi connectivity index (χ2v) is 9.97. The fraction of sp³-hybridized carbons (Fsp3) is 0.464. The van der Waals surface area contributed by atoms with Gasteiger partial charge in [0.1, 0.15) is 35.8 Å². The summed E-state index contributed by atoms with van der Waals surface area (Å²) in [5, 5.41) is 80.0. The Morgan fingerprint density at radius 1 is 1.00 bits per heavy atom. The number of phenols is 3. The minimum absolute atomic E-state index is 0.0293. The number of aliphatic hydroxyl groups is 5. The molecule has 0 aliphatic carbocycles. The van der Waals surface area contributed by atoms with Crippen molar-refractivity contribution in [3.63, 3.8) is 0 Å². The molecular weight excluding hydrogens is 560 g/mol. The van der Waals surface area contributed by atoms with Crippen molar-refractivity contribution in [1.82, 2.24) is 0 Å². The maximum atomic E-state index is 12.6. The number of benzene rings is 2. The van der Waals surface area contributed by atoms with Crippen molar-refractivity contribution in [3.05, 3.63) is 59.7 Å². The van der Waals surface area contributed by atoms with Crippen molar-refractivity contribution in [2.24, 2.45) is 0 Å². The molecular formula is C28H34O14. The summed E-state index contributed by atoms with van der Waals surface area (Å²) in [4.78, 5) is 12.6. The highest BCUT2D eigenvalue weighted by atomic mass is 16.8. The van der Waals surface area contributed by atoms with Crippen molar-refractivity contribution < 1.29 is 69.3 Å². The van der Waals surface area contributed by atoms with Crippen molar-refractivity contribution in [1.29, 1.82) is 0 Å². The van der Waals surface area contributed by atoms with E-state index in [1.165, 1.54) is 36.4 Å². The lowest BCUT2D eigenvalue weighted by atomic mass is 9.97. The summed E-state index contributed by atoms with van der Waals surface area (Å²) < 4.78 is 28.0. The van der Waals surface area contributed by atoms with E-state index in [2.05, 4.69) is 0 Å². The zero-order valence-electron chi connectivity index (χ0n) is 22.3. The van der Waals surface area contributed by atoms with Gasteiger partial charge in [0.15, 0.2) is 30.2 Å². The number of phenolic OH excluding ortho intramolecular Hbond substituents is 3. The van der Waals surface area contributed by atoms with E-state index in [0.717, 1.165) is 11.6 Å². The highest BCUT2D eigenvalue weighted by Gasteiger charge is 2.54. The van der Waals surface area contributed by atoms with E-state index in [9.17, 15) is 45.6 Å². The summed E-state index contributed by atoms with van der Waals surface area (Å²) in [5.74, 6) is -1.61. The van der Waals surface area contributed by atoms with Crippen LogP contribution in [0.4, 0.5) is 0 Å². The highest BCUT2D eigenvalue weighted by Crippen LogP contribution is 2.32.